The Hall–Kier alpha value is -3.65. The Kier molecular flexibility index (Phi) is 6.48. The molecular weight excluding hydrogens is 410 g/mol. The summed E-state index contributed by atoms with van der Waals surface area (Å²) in [6, 6.07) is 13.2. The number of halogens is 1. The van der Waals surface area contributed by atoms with Crippen LogP contribution in [0.25, 0.3) is 11.3 Å². The van der Waals surface area contributed by atoms with Crippen molar-refractivity contribution >= 4 is 35.1 Å². The molecule has 0 aliphatic heterocycles. The standard InChI is InChI=1S/C21H18ClN3O5/c1-12-3-4-14(20(27)29-2)9-16(12)23-19(26)11-30-21(28)18-10-17(24-25-18)13-5-7-15(22)8-6-13/h3-10H,11H2,1-2H3,(H,23,26)(H,24,25). The maximum atomic E-state index is 12.2. The number of carbonyl (C=O) groups is 3. The summed E-state index contributed by atoms with van der Waals surface area (Å²) in [6.45, 7) is 1.27. The van der Waals surface area contributed by atoms with Crippen molar-refractivity contribution in [2.75, 3.05) is 19.0 Å². The van der Waals surface area contributed by atoms with Gasteiger partial charge < -0.3 is 14.8 Å². The van der Waals surface area contributed by atoms with Crippen molar-refractivity contribution in [3.05, 3.63) is 70.4 Å². The Morgan fingerprint density at radius 2 is 1.80 bits per heavy atom. The number of nitrogens with one attached hydrogen (secondary N) is 2. The first-order chi connectivity index (χ1) is 14.4. The molecule has 1 aromatic heterocycles. The fourth-order valence-corrected chi connectivity index (χ4v) is 2.72. The van der Waals surface area contributed by atoms with Crippen molar-refractivity contribution in [3.8, 4) is 11.3 Å². The van der Waals surface area contributed by atoms with Gasteiger partial charge in [0.05, 0.1) is 18.4 Å². The van der Waals surface area contributed by atoms with Crippen LogP contribution in [0.2, 0.25) is 5.02 Å². The van der Waals surface area contributed by atoms with Gasteiger partial charge in [-0.1, -0.05) is 29.8 Å². The van der Waals surface area contributed by atoms with E-state index < -0.39 is 24.5 Å². The number of carbonyl (C=O) groups excluding carboxylic acids is 3. The maximum Gasteiger partial charge on any atom is 0.356 e. The van der Waals surface area contributed by atoms with E-state index in [0.717, 1.165) is 11.1 Å². The molecule has 2 aromatic carbocycles. The first-order valence-corrected chi connectivity index (χ1v) is 9.22. The van der Waals surface area contributed by atoms with Gasteiger partial charge >= 0.3 is 11.9 Å². The Balaban J connectivity index is 1.59. The average molecular weight is 428 g/mol. The van der Waals surface area contributed by atoms with Crippen molar-refractivity contribution < 1.29 is 23.9 Å². The Morgan fingerprint density at radius 3 is 2.50 bits per heavy atom. The number of H-pyrrole nitrogens is 1. The van der Waals surface area contributed by atoms with Crippen LogP contribution in [0.4, 0.5) is 5.69 Å². The zero-order valence-corrected chi connectivity index (χ0v) is 16.9. The summed E-state index contributed by atoms with van der Waals surface area (Å²) in [7, 11) is 1.27. The smallest absolute Gasteiger partial charge is 0.356 e. The monoisotopic (exact) mass is 427 g/mol. The summed E-state index contributed by atoms with van der Waals surface area (Å²) < 4.78 is 9.70. The second kappa shape index (κ2) is 9.23. The molecule has 1 amide bonds. The van der Waals surface area contributed by atoms with Gasteiger partial charge in [0, 0.05) is 16.3 Å². The van der Waals surface area contributed by atoms with Gasteiger partial charge in [-0.15, -0.1) is 0 Å². The molecule has 0 saturated heterocycles. The number of nitrogens with zero attached hydrogens (tertiary/aromatic N) is 1. The van der Waals surface area contributed by atoms with Crippen LogP contribution in [0.5, 0.6) is 0 Å². The van der Waals surface area contributed by atoms with E-state index in [2.05, 4.69) is 20.3 Å². The van der Waals surface area contributed by atoms with Crippen molar-refractivity contribution in [2.45, 2.75) is 6.92 Å². The minimum Gasteiger partial charge on any atom is -0.465 e. The van der Waals surface area contributed by atoms with Crippen LogP contribution in [0.1, 0.15) is 26.4 Å². The minimum absolute atomic E-state index is 0.108. The molecule has 0 aliphatic carbocycles. The third kappa shape index (κ3) is 5.03. The number of rotatable bonds is 6. The van der Waals surface area contributed by atoms with Gasteiger partial charge in [0.1, 0.15) is 5.69 Å². The average Bonchev–Trinajstić information content (AvgIpc) is 3.24. The molecule has 9 heteroatoms. The highest BCUT2D eigenvalue weighted by Gasteiger charge is 2.15. The first-order valence-electron chi connectivity index (χ1n) is 8.84. The van der Waals surface area contributed by atoms with Gasteiger partial charge in [-0.25, -0.2) is 9.59 Å². The molecule has 8 nitrogen and oxygen atoms in total. The van der Waals surface area contributed by atoms with Crippen molar-refractivity contribution in [1.29, 1.82) is 0 Å². The highest BCUT2D eigenvalue weighted by molar-refractivity contribution is 6.30. The molecule has 0 saturated carbocycles. The van der Waals surface area contributed by atoms with Crippen LogP contribution in [-0.4, -0.2) is 41.8 Å². The quantitative estimate of drug-likeness (QED) is 0.581. The molecule has 0 bridgehead atoms. The number of aromatic nitrogens is 2. The molecule has 0 unspecified atom stereocenters. The summed E-state index contributed by atoms with van der Waals surface area (Å²) in [5.41, 5.74) is 2.87. The van der Waals surface area contributed by atoms with E-state index in [9.17, 15) is 14.4 Å². The molecule has 3 aromatic rings. The first kappa shape index (κ1) is 21.1. The lowest BCUT2D eigenvalue weighted by molar-refractivity contribution is -0.119. The van der Waals surface area contributed by atoms with Gasteiger partial charge in [-0.2, -0.15) is 5.10 Å². The number of amides is 1. The topological polar surface area (TPSA) is 110 Å². The summed E-state index contributed by atoms with van der Waals surface area (Å²) in [4.78, 5) is 36.0. The number of aromatic amines is 1. The Morgan fingerprint density at radius 1 is 1.07 bits per heavy atom. The number of benzene rings is 2. The van der Waals surface area contributed by atoms with Gasteiger partial charge in [0.25, 0.3) is 5.91 Å². The molecule has 3 rings (SSSR count). The molecule has 0 spiro atoms. The molecule has 154 valence electrons. The van der Waals surface area contributed by atoms with Crippen molar-refractivity contribution in [3.63, 3.8) is 0 Å². The van der Waals surface area contributed by atoms with Gasteiger partial charge in [0.15, 0.2) is 6.61 Å². The molecule has 0 aliphatic rings. The second-order valence-corrected chi connectivity index (χ2v) is 6.76. The van der Waals surface area contributed by atoms with E-state index in [1.54, 1.807) is 43.3 Å². The van der Waals surface area contributed by atoms with Gasteiger partial charge in [-0.3, -0.25) is 9.89 Å². The minimum atomic E-state index is -0.724. The van der Waals surface area contributed by atoms with Crippen LogP contribution in [-0.2, 0) is 14.3 Å². The number of anilines is 1. The van der Waals surface area contributed by atoms with Crippen molar-refractivity contribution in [1.82, 2.24) is 10.2 Å². The molecule has 0 radical (unpaired) electrons. The number of hydrogen-bond donors (Lipinski definition) is 2. The van der Waals surface area contributed by atoms with Crippen LogP contribution in [0.3, 0.4) is 0 Å². The SMILES string of the molecule is COC(=O)c1ccc(C)c(NC(=O)COC(=O)c2cc(-c3ccc(Cl)cc3)n[nH]2)c1. The zero-order chi connectivity index (χ0) is 21.7. The lowest BCUT2D eigenvalue weighted by Gasteiger charge is -2.10. The predicted octanol–water partition coefficient (Wildman–Crippen LogP) is 3.62. The largest absolute Gasteiger partial charge is 0.465 e. The molecular formula is C21H18ClN3O5. The predicted molar refractivity (Wildman–Crippen MR) is 110 cm³/mol. The zero-order valence-electron chi connectivity index (χ0n) is 16.2. The normalized spacial score (nSPS) is 10.4. The van der Waals surface area contributed by atoms with E-state index in [-0.39, 0.29) is 5.69 Å². The lowest BCUT2D eigenvalue weighted by Crippen LogP contribution is -2.21. The molecule has 0 fully saturated rings. The number of methoxy groups -OCH3 is 1. The number of esters is 2. The fourth-order valence-electron chi connectivity index (χ4n) is 2.59. The van der Waals surface area contributed by atoms with Crippen molar-refractivity contribution in [2.24, 2.45) is 0 Å². The summed E-state index contributed by atoms with van der Waals surface area (Å²) in [6.07, 6.45) is 0. The number of hydrogen-bond acceptors (Lipinski definition) is 6. The van der Waals surface area contributed by atoms with Gasteiger partial charge in [-0.05, 0) is 42.8 Å². The van der Waals surface area contributed by atoms with E-state index in [1.807, 2.05) is 0 Å². The van der Waals surface area contributed by atoms with Crippen LogP contribution in [0, 0.1) is 6.92 Å². The summed E-state index contributed by atoms with van der Waals surface area (Å²) in [5, 5.41) is 9.85. The Labute approximate surface area is 177 Å². The summed E-state index contributed by atoms with van der Waals surface area (Å²) in [5.74, 6) is -1.79. The van der Waals surface area contributed by atoms with Crippen LogP contribution >= 0.6 is 11.6 Å². The lowest BCUT2D eigenvalue weighted by atomic mass is 10.1. The molecule has 0 atom stereocenters. The molecule has 30 heavy (non-hydrogen) atoms. The third-order valence-electron chi connectivity index (χ3n) is 4.20. The molecule has 2 N–H and O–H groups in total. The molecule has 1 heterocycles. The highest BCUT2D eigenvalue weighted by Crippen LogP contribution is 2.21. The second-order valence-electron chi connectivity index (χ2n) is 6.32. The van der Waals surface area contributed by atoms with E-state index >= 15 is 0 Å². The number of aryl methyl sites for hydroxylation is 1. The van der Waals surface area contributed by atoms with Crippen LogP contribution < -0.4 is 5.32 Å². The maximum absolute atomic E-state index is 12.2. The highest BCUT2D eigenvalue weighted by atomic mass is 35.5. The summed E-state index contributed by atoms with van der Waals surface area (Å²) >= 11 is 5.86. The van der Waals surface area contributed by atoms with E-state index in [4.69, 9.17) is 16.3 Å². The van der Waals surface area contributed by atoms with Crippen LogP contribution in [0.15, 0.2) is 48.5 Å². The number of ether oxygens (including phenoxy) is 2. The Bertz CT molecular complexity index is 1090. The fraction of sp³-hybridized carbons (Fsp3) is 0.143. The third-order valence-corrected chi connectivity index (χ3v) is 4.46. The van der Waals surface area contributed by atoms with Gasteiger partial charge in [0.2, 0.25) is 0 Å². The van der Waals surface area contributed by atoms with E-state index in [1.165, 1.54) is 19.2 Å². The van der Waals surface area contributed by atoms with E-state index in [0.29, 0.717) is 22.0 Å².